The molecule has 2 rings (SSSR count). The Bertz CT molecular complexity index is 645. The fraction of sp³-hybridized carbons (Fsp3) is 0.312. The van der Waals surface area contributed by atoms with E-state index in [9.17, 15) is 4.79 Å². The minimum absolute atomic E-state index is 0.0652. The predicted octanol–water partition coefficient (Wildman–Crippen LogP) is 3.31. The molecule has 0 spiro atoms. The molecule has 2 aromatic rings. The van der Waals surface area contributed by atoms with Gasteiger partial charge in [0.2, 0.25) is 0 Å². The minimum atomic E-state index is -0.295. The van der Waals surface area contributed by atoms with Gasteiger partial charge in [-0.1, -0.05) is 23.7 Å². The standard InChI is InChI=1S/C16H20ClN5O/c1-11(2)19-16(23)20-15-7-6-14(21-22-15)18-9-8-12-4-3-5-13(17)10-12/h3-7,10-11H,8-9H2,1-2H3,(H,18,21)(H2,19,20,22,23). The summed E-state index contributed by atoms with van der Waals surface area (Å²) >= 11 is 5.95. The molecule has 0 saturated heterocycles. The van der Waals surface area contributed by atoms with E-state index in [2.05, 4.69) is 26.1 Å². The first-order valence-corrected chi connectivity index (χ1v) is 7.80. The van der Waals surface area contributed by atoms with Crippen molar-refractivity contribution in [3.8, 4) is 0 Å². The second-order valence-corrected chi connectivity index (χ2v) is 5.80. The largest absolute Gasteiger partial charge is 0.368 e. The predicted molar refractivity (Wildman–Crippen MR) is 93.0 cm³/mol. The Morgan fingerprint density at radius 2 is 1.91 bits per heavy atom. The molecule has 3 N–H and O–H groups in total. The first kappa shape index (κ1) is 17.0. The maximum absolute atomic E-state index is 11.5. The summed E-state index contributed by atoms with van der Waals surface area (Å²) in [5.41, 5.74) is 1.15. The van der Waals surface area contributed by atoms with E-state index in [1.165, 1.54) is 0 Å². The Balaban J connectivity index is 1.79. The number of rotatable bonds is 6. The molecule has 1 heterocycles. The molecule has 23 heavy (non-hydrogen) atoms. The number of carbonyl (C=O) groups excluding carboxylic acids is 1. The third-order valence-electron chi connectivity index (χ3n) is 2.93. The van der Waals surface area contributed by atoms with Crippen LogP contribution in [0.4, 0.5) is 16.4 Å². The van der Waals surface area contributed by atoms with Crippen molar-refractivity contribution in [2.24, 2.45) is 0 Å². The van der Waals surface area contributed by atoms with E-state index in [4.69, 9.17) is 11.6 Å². The number of urea groups is 1. The van der Waals surface area contributed by atoms with Crippen LogP contribution in [0.3, 0.4) is 0 Å². The van der Waals surface area contributed by atoms with Gasteiger partial charge in [-0.3, -0.25) is 5.32 Å². The van der Waals surface area contributed by atoms with Gasteiger partial charge >= 0.3 is 6.03 Å². The Hall–Kier alpha value is -2.34. The Morgan fingerprint density at radius 3 is 2.57 bits per heavy atom. The molecular weight excluding hydrogens is 314 g/mol. The third kappa shape index (κ3) is 6.12. The van der Waals surface area contributed by atoms with Crippen molar-refractivity contribution in [3.05, 3.63) is 47.0 Å². The smallest absolute Gasteiger partial charge is 0.320 e. The van der Waals surface area contributed by atoms with Crippen LogP contribution in [-0.4, -0.2) is 28.8 Å². The van der Waals surface area contributed by atoms with Gasteiger partial charge in [0, 0.05) is 17.6 Å². The van der Waals surface area contributed by atoms with Gasteiger partial charge in [-0.25, -0.2) is 4.79 Å². The molecule has 7 heteroatoms. The lowest BCUT2D eigenvalue weighted by Crippen LogP contribution is -2.34. The van der Waals surface area contributed by atoms with Crippen LogP contribution in [0.5, 0.6) is 0 Å². The van der Waals surface area contributed by atoms with Crippen LogP contribution in [-0.2, 0) is 6.42 Å². The third-order valence-corrected chi connectivity index (χ3v) is 3.17. The van der Waals surface area contributed by atoms with Crippen LogP contribution in [0.15, 0.2) is 36.4 Å². The van der Waals surface area contributed by atoms with Crippen molar-refractivity contribution >= 4 is 29.3 Å². The van der Waals surface area contributed by atoms with Gasteiger partial charge in [0.15, 0.2) is 5.82 Å². The molecular formula is C16H20ClN5O. The molecule has 0 bridgehead atoms. The highest BCUT2D eigenvalue weighted by molar-refractivity contribution is 6.30. The lowest BCUT2D eigenvalue weighted by Gasteiger charge is -2.09. The average Bonchev–Trinajstić information content (AvgIpc) is 2.48. The van der Waals surface area contributed by atoms with Crippen LogP contribution in [0, 0.1) is 0 Å². The number of amides is 2. The average molecular weight is 334 g/mol. The van der Waals surface area contributed by atoms with Crippen molar-refractivity contribution in [2.45, 2.75) is 26.3 Å². The van der Waals surface area contributed by atoms with Gasteiger partial charge in [-0.05, 0) is 50.1 Å². The van der Waals surface area contributed by atoms with Crippen LogP contribution in [0.2, 0.25) is 5.02 Å². The summed E-state index contributed by atoms with van der Waals surface area (Å²) in [6.45, 7) is 4.49. The maximum atomic E-state index is 11.5. The summed E-state index contributed by atoms with van der Waals surface area (Å²) in [4.78, 5) is 11.5. The van der Waals surface area contributed by atoms with Gasteiger partial charge in [-0.2, -0.15) is 0 Å². The summed E-state index contributed by atoms with van der Waals surface area (Å²) in [7, 11) is 0. The van der Waals surface area contributed by atoms with E-state index >= 15 is 0 Å². The highest BCUT2D eigenvalue weighted by Crippen LogP contribution is 2.11. The summed E-state index contributed by atoms with van der Waals surface area (Å²) in [6.07, 6.45) is 0.832. The Labute approximate surface area is 140 Å². The Kier molecular flexibility index (Phi) is 6.17. The topological polar surface area (TPSA) is 78.9 Å². The zero-order valence-corrected chi connectivity index (χ0v) is 13.9. The van der Waals surface area contributed by atoms with Gasteiger partial charge in [-0.15, -0.1) is 10.2 Å². The summed E-state index contributed by atoms with van der Waals surface area (Å²) in [6, 6.07) is 11.0. The Morgan fingerprint density at radius 1 is 1.17 bits per heavy atom. The molecule has 6 nitrogen and oxygen atoms in total. The highest BCUT2D eigenvalue weighted by atomic mass is 35.5. The molecule has 0 fully saturated rings. The lowest BCUT2D eigenvalue weighted by molar-refractivity contribution is 0.250. The molecule has 0 unspecified atom stereocenters. The first-order chi connectivity index (χ1) is 11.0. The molecule has 0 aliphatic heterocycles. The number of nitrogens with zero attached hydrogens (tertiary/aromatic N) is 2. The van der Waals surface area contributed by atoms with Crippen molar-refractivity contribution in [3.63, 3.8) is 0 Å². The molecule has 0 saturated carbocycles. The van der Waals surface area contributed by atoms with Gasteiger partial charge in [0.05, 0.1) is 0 Å². The number of anilines is 2. The second kappa shape index (κ2) is 8.33. The SMILES string of the molecule is CC(C)NC(=O)Nc1ccc(NCCc2cccc(Cl)c2)nn1. The molecule has 0 radical (unpaired) electrons. The van der Waals surface area contributed by atoms with Crippen LogP contribution < -0.4 is 16.0 Å². The van der Waals surface area contributed by atoms with Crippen molar-refractivity contribution in [1.29, 1.82) is 0 Å². The molecule has 0 atom stereocenters. The number of halogens is 1. The number of nitrogens with one attached hydrogen (secondary N) is 3. The quantitative estimate of drug-likeness (QED) is 0.757. The molecule has 0 aliphatic rings. The molecule has 1 aromatic carbocycles. The van der Waals surface area contributed by atoms with Crippen LogP contribution >= 0.6 is 11.6 Å². The fourth-order valence-electron chi connectivity index (χ4n) is 1.94. The van der Waals surface area contributed by atoms with Gasteiger partial charge in [0.25, 0.3) is 0 Å². The maximum Gasteiger partial charge on any atom is 0.320 e. The van der Waals surface area contributed by atoms with Gasteiger partial charge < -0.3 is 10.6 Å². The highest BCUT2D eigenvalue weighted by Gasteiger charge is 2.04. The van der Waals surface area contributed by atoms with Gasteiger partial charge in [0.1, 0.15) is 5.82 Å². The zero-order valence-electron chi connectivity index (χ0n) is 13.1. The number of aromatic nitrogens is 2. The van der Waals surface area contributed by atoms with Crippen LogP contribution in [0.25, 0.3) is 0 Å². The van der Waals surface area contributed by atoms with E-state index in [0.717, 1.165) is 23.6 Å². The van der Waals surface area contributed by atoms with E-state index < -0.39 is 0 Å². The van der Waals surface area contributed by atoms with E-state index in [1.807, 2.05) is 38.1 Å². The second-order valence-electron chi connectivity index (χ2n) is 5.36. The summed E-state index contributed by atoms with van der Waals surface area (Å²) in [5, 5.41) is 17.2. The number of hydrogen-bond acceptors (Lipinski definition) is 4. The van der Waals surface area contributed by atoms with E-state index in [1.54, 1.807) is 12.1 Å². The van der Waals surface area contributed by atoms with Crippen molar-refractivity contribution in [1.82, 2.24) is 15.5 Å². The van der Waals surface area contributed by atoms with E-state index in [0.29, 0.717) is 11.6 Å². The van der Waals surface area contributed by atoms with E-state index in [-0.39, 0.29) is 12.1 Å². The number of carbonyl (C=O) groups is 1. The number of hydrogen-bond donors (Lipinski definition) is 3. The molecule has 1 aromatic heterocycles. The molecule has 2 amide bonds. The number of benzene rings is 1. The van der Waals surface area contributed by atoms with Crippen LogP contribution in [0.1, 0.15) is 19.4 Å². The first-order valence-electron chi connectivity index (χ1n) is 7.42. The zero-order chi connectivity index (χ0) is 16.7. The fourth-order valence-corrected chi connectivity index (χ4v) is 2.15. The normalized spacial score (nSPS) is 10.4. The lowest BCUT2D eigenvalue weighted by atomic mass is 10.1. The summed E-state index contributed by atoms with van der Waals surface area (Å²) < 4.78 is 0. The molecule has 122 valence electrons. The summed E-state index contributed by atoms with van der Waals surface area (Å²) in [5.74, 6) is 1.06. The van der Waals surface area contributed by atoms with Crippen molar-refractivity contribution < 1.29 is 4.79 Å². The minimum Gasteiger partial charge on any atom is -0.368 e. The van der Waals surface area contributed by atoms with Crippen molar-refractivity contribution in [2.75, 3.05) is 17.2 Å². The monoisotopic (exact) mass is 333 g/mol. The molecule has 0 aliphatic carbocycles.